The summed E-state index contributed by atoms with van der Waals surface area (Å²) in [5.74, 6) is -4.32. The fourth-order valence-corrected chi connectivity index (χ4v) is 5.96. The number of hydrogen-bond donors (Lipinski definition) is 3. The molecule has 0 unspecified atom stereocenters. The van der Waals surface area contributed by atoms with Gasteiger partial charge in [-0.3, -0.25) is 4.79 Å². The number of rotatable bonds is 9. The Bertz CT molecular complexity index is 1570. The number of anilines is 2. The molecular formula is C38H44F4N4O3. The van der Waals surface area contributed by atoms with Crippen LogP contribution in [0.1, 0.15) is 49.8 Å². The van der Waals surface area contributed by atoms with Gasteiger partial charge in [-0.1, -0.05) is 50.2 Å². The Morgan fingerprint density at radius 1 is 0.837 bits per heavy atom. The molecular weight excluding hydrogens is 636 g/mol. The van der Waals surface area contributed by atoms with Crippen LogP contribution in [0.3, 0.4) is 0 Å². The maximum Gasteiger partial charge on any atom is 0.242 e. The fourth-order valence-electron chi connectivity index (χ4n) is 5.96. The summed E-state index contributed by atoms with van der Waals surface area (Å²) in [7, 11) is 0. The third-order valence-corrected chi connectivity index (χ3v) is 7.98. The molecule has 5 rings (SSSR count). The first-order valence-corrected chi connectivity index (χ1v) is 15.9. The smallest absolute Gasteiger partial charge is 0.242 e. The number of piperazine rings is 1. The number of hydrogen-bond acceptors (Lipinski definition) is 6. The van der Waals surface area contributed by atoms with Crippen molar-refractivity contribution in [1.29, 1.82) is 0 Å². The maximum atomic E-state index is 15.2. The van der Waals surface area contributed by atoms with E-state index in [-0.39, 0.29) is 23.3 Å². The van der Waals surface area contributed by atoms with Crippen LogP contribution in [0.4, 0.5) is 28.9 Å². The third-order valence-electron chi connectivity index (χ3n) is 7.98. The molecule has 0 saturated carbocycles. The molecule has 262 valence electrons. The Labute approximate surface area is 285 Å². The highest BCUT2D eigenvalue weighted by atomic mass is 19.1. The minimum atomic E-state index is -1.33. The summed E-state index contributed by atoms with van der Waals surface area (Å²) in [5.41, 5.74) is 8.64. The van der Waals surface area contributed by atoms with Crippen molar-refractivity contribution < 1.29 is 31.9 Å². The Hall–Kier alpha value is -4.87. The molecule has 0 bridgehead atoms. The van der Waals surface area contributed by atoms with E-state index in [4.69, 9.17) is 15.3 Å². The van der Waals surface area contributed by atoms with Crippen molar-refractivity contribution >= 4 is 30.9 Å². The average Bonchev–Trinajstić information content (AvgIpc) is 3.11. The molecule has 11 heteroatoms. The fraction of sp³-hybridized carbons (Fsp3) is 0.289. The minimum Gasteiger partial charge on any atom is -0.363 e. The van der Waals surface area contributed by atoms with E-state index in [9.17, 15) is 18.0 Å². The van der Waals surface area contributed by atoms with Gasteiger partial charge < -0.3 is 30.9 Å². The van der Waals surface area contributed by atoms with Crippen molar-refractivity contribution in [2.75, 3.05) is 23.3 Å². The van der Waals surface area contributed by atoms with Gasteiger partial charge in [0.15, 0.2) is 0 Å². The number of carbonyl (C=O) groups is 3. The second-order valence-electron chi connectivity index (χ2n) is 11.0. The Balaban J connectivity index is 0.00000132. The number of para-hydroxylation sites is 1. The molecule has 49 heavy (non-hydrogen) atoms. The Kier molecular flexibility index (Phi) is 16.9. The van der Waals surface area contributed by atoms with Crippen LogP contribution < -0.4 is 21.3 Å². The van der Waals surface area contributed by atoms with Crippen molar-refractivity contribution in [2.24, 2.45) is 5.73 Å². The first-order chi connectivity index (χ1) is 23.7. The van der Waals surface area contributed by atoms with Gasteiger partial charge in [-0.05, 0) is 79.4 Å². The van der Waals surface area contributed by atoms with Crippen LogP contribution >= 0.6 is 0 Å². The number of nitrogens with two attached hydrogens (primary N) is 1. The molecule has 1 fully saturated rings. The van der Waals surface area contributed by atoms with Crippen LogP contribution in [0.15, 0.2) is 91.0 Å². The predicted molar refractivity (Wildman–Crippen MR) is 187 cm³/mol. The highest BCUT2D eigenvalue weighted by Crippen LogP contribution is 2.31. The van der Waals surface area contributed by atoms with E-state index >= 15 is 4.39 Å². The number of amides is 1. The Morgan fingerprint density at radius 2 is 1.45 bits per heavy atom. The quantitative estimate of drug-likeness (QED) is 0.168. The monoisotopic (exact) mass is 680 g/mol. The zero-order chi connectivity index (χ0) is 36.5. The second-order valence-corrected chi connectivity index (χ2v) is 11.0. The molecule has 1 aliphatic rings. The minimum absolute atomic E-state index is 0.0855. The van der Waals surface area contributed by atoms with Gasteiger partial charge in [0.25, 0.3) is 0 Å². The normalized spacial score (nSPS) is 16.3. The van der Waals surface area contributed by atoms with Crippen molar-refractivity contribution in [1.82, 2.24) is 5.32 Å². The van der Waals surface area contributed by atoms with Crippen LogP contribution in [-0.2, 0) is 20.8 Å². The van der Waals surface area contributed by atoms with Crippen molar-refractivity contribution in [2.45, 2.75) is 57.7 Å². The van der Waals surface area contributed by atoms with Gasteiger partial charge >= 0.3 is 0 Å². The number of nitrogens with zero attached hydrogens (tertiary/aromatic N) is 1. The van der Waals surface area contributed by atoms with Crippen molar-refractivity contribution in [3.63, 3.8) is 0 Å². The summed E-state index contributed by atoms with van der Waals surface area (Å²) in [5, 5.41) is 6.21. The summed E-state index contributed by atoms with van der Waals surface area (Å²) < 4.78 is 57.3. The predicted octanol–water partition coefficient (Wildman–Crippen LogP) is 6.80. The largest absolute Gasteiger partial charge is 0.363 e. The lowest BCUT2D eigenvalue weighted by atomic mass is 9.84. The van der Waals surface area contributed by atoms with Crippen LogP contribution in [0.2, 0.25) is 0 Å². The summed E-state index contributed by atoms with van der Waals surface area (Å²) >= 11 is 0. The summed E-state index contributed by atoms with van der Waals surface area (Å²) in [6.07, 6.45) is 0.958. The van der Waals surface area contributed by atoms with Crippen LogP contribution in [-0.4, -0.2) is 50.7 Å². The third kappa shape index (κ3) is 10.8. The molecule has 1 amide bonds. The second kappa shape index (κ2) is 20.5. The topological polar surface area (TPSA) is 105 Å². The summed E-state index contributed by atoms with van der Waals surface area (Å²) in [4.78, 5) is 31.9. The lowest BCUT2D eigenvalue weighted by Crippen LogP contribution is -2.56. The van der Waals surface area contributed by atoms with Gasteiger partial charge in [-0.15, -0.1) is 0 Å². The van der Waals surface area contributed by atoms with E-state index < -0.39 is 41.1 Å². The summed E-state index contributed by atoms with van der Waals surface area (Å²) in [6.45, 7) is 11.7. The number of nitrogens with one attached hydrogen (secondary N) is 2. The van der Waals surface area contributed by atoms with Crippen molar-refractivity contribution in [3.8, 4) is 0 Å². The van der Waals surface area contributed by atoms with E-state index in [2.05, 4.69) is 34.6 Å². The molecule has 0 aromatic heterocycles. The van der Waals surface area contributed by atoms with Gasteiger partial charge in [-0.25, -0.2) is 17.6 Å². The van der Waals surface area contributed by atoms with Gasteiger partial charge in [0, 0.05) is 54.1 Å². The maximum absolute atomic E-state index is 15.2. The number of benzene rings is 4. The van der Waals surface area contributed by atoms with Crippen molar-refractivity contribution in [3.05, 3.63) is 131 Å². The van der Waals surface area contributed by atoms with Gasteiger partial charge in [0.2, 0.25) is 5.91 Å². The molecule has 7 nitrogen and oxygen atoms in total. The van der Waals surface area contributed by atoms with E-state index in [1.54, 1.807) is 6.07 Å². The molecule has 0 aliphatic carbocycles. The first-order valence-electron chi connectivity index (χ1n) is 15.9. The molecule has 4 N–H and O–H groups in total. The number of carbonyl (C=O) groups excluding carboxylic acids is 3. The van der Waals surface area contributed by atoms with E-state index in [0.29, 0.717) is 24.0 Å². The highest BCUT2D eigenvalue weighted by Gasteiger charge is 2.31. The van der Waals surface area contributed by atoms with Gasteiger partial charge in [0.05, 0.1) is 6.04 Å². The molecule has 4 atom stereocenters. The molecule has 4 aromatic carbocycles. The van der Waals surface area contributed by atoms with Crippen LogP contribution in [0, 0.1) is 23.3 Å². The van der Waals surface area contributed by atoms with Gasteiger partial charge in [0.1, 0.15) is 36.8 Å². The average molecular weight is 681 g/mol. The molecule has 4 aromatic rings. The summed E-state index contributed by atoms with van der Waals surface area (Å²) in [6, 6.07) is 21.6. The van der Waals surface area contributed by atoms with E-state index in [1.807, 2.05) is 45.6 Å². The van der Waals surface area contributed by atoms with Crippen LogP contribution in [0.25, 0.3) is 0 Å². The lowest BCUT2D eigenvalue weighted by Gasteiger charge is -2.43. The molecule has 1 aliphatic heterocycles. The molecule has 0 spiro atoms. The zero-order valence-corrected chi connectivity index (χ0v) is 28.0. The molecule has 0 radical (unpaired) electrons. The first kappa shape index (κ1) is 40.3. The Morgan fingerprint density at radius 3 is 2.06 bits per heavy atom. The van der Waals surface area contributed by atoms with E-state index in [0.717, 1.165) is 37.0 Å². The van der Waals surface area contributed by atoms with E-state index in [1.165, 1.54) is 36.4 Å². The van der Waals surface area contributed by atoms with Crippen LogP contribution in [0.5, 0.6) is 0 Å². The lowest BCUT2D eigenvalue weighted by molar-refractivity contribution is -0.117. The SMILES string of the molecule is C=O.C=O.CC.C[C@@H]1CNC[C@H](CCc2c(F)cccc2NC(=O)[C@@H](N)[C@@H](c2ccc(F)cc2)c2cc(F)cc(F)c2)N1c1ccccc1. The molecule has 1 heterocycles. The highest BCUT2D eigenvalue weighted by molar-refractivity contribution is 5.96. The van der Waals surface area contributed by atoms with Gasteiger partial charge in [-0.2, -0.15) is 0 Å². The zero-order valence-electron chi connectivity index (χ0n) is 28.0. The standard InChI is InChI=1S/C34H34F4N4O.C2H6.2CH2O/c1-21-19-40-20-28(42(21)27-6-3-2-4-7-27)14-15-29-30(38)8-5-9-31(29)41-34(43)33(39)32(22-10-12-24(35)13-11-22)23-16-25(36)18-26(37)17-23;3*1-2/h2-13,16-18,21,28,32-33,40H,14-15,19-20,39H2,1H3,(H,41,43);1-2H3;2*1H2/t21-,28+,32+,33+;;;/m1.../s1. The number of halogens is 4. The molecule has 1 saturated heterocycles.